The second-order valence-corrected chi connectivity index (χ2v) is 7.36. The van der Waals surface area contributed by atoms with E-state index in [-0.39, 0.29) is 62.3 Å². The topological polar surface area (TPSA) is 125 Å². The number of nitro benzene ring substituents is 1. The van der Waals surface area contributed by atoms with Gasteiger partial charge in [0.05, 0.1) is 29.8 Å². The molecule has 0 unspecified atom stereocenters. The van der Waals surface area contributed by atoms with Gasteiger partial charge in [0.25, 0.3) is 5.69 Å². The number of carbonyl (C=O) groups is 3. The molecular formula is C20H20N2O8. The van der Waals surface area contributed by atoms with Gasteiger partial charge in [-0.25, -0.2) is 0 Å². The summed E-state index contributed by atoms with van der Waals surface area (Å²) in [6.07, 6.45) is 4.73. The standard InChI is InChI=1S/C20H20N2O8/c23-17(5-6-21-19(24)15-3-1-2-4-16(15)20(21)25)29-10-13-8-14(22(26)27)7-12-9-28-11-30-18(12)13/h1-2,7-8,15-16H,3-6,9-11H2/t15-,16-/m1/s1. The van der Waals surface area contributed by atoms with Crippen LogP contribution in [0.1, 0.15) is 30.4 Å². The summed E-state index contributed by atoms with van der Waals surface area (Å²) in [5, 5.41) is 11.1. The Bertz CT molecular complexity index is 915. The Kier molecular flexibility index (Phi) is 5.49. The van der Waals surface area contributed by atoms with Crippen molar-refractivity contribution in [2.24, 2.45) is 11.8 Å². The molecule has 10 heteroatoms. The smallest absolute Gasteiger partial charge is 0.307 e. The van der Waals surface area contributed by atoms with Crippen LogP contribution in [-0.2, 0) is 37.1 Å². The van der Waals surface area contributed by atoms with Crippen molar-refractivity contribution in [3.05, 3.63) is 45.5 Å². The zero-order valence-corrected chi connectivity index (χ0v) is 16.1. The maximum Gasteiger partial charge on any atom is 0.307 e. The van der Waals surface area contributed by atoms with Crippen molar-refractivity contribution >= 4 is 23.5 Å². The molecule has 2 heterocycles. The fourth-order valence-electron chi connectivity index (χ4n) is 4.02. The van der Waals surface area contributed by atoms with E-state index in [1.54, 1.807) is 0 Å². The number of ether oxygens (including phenoxy) is 3. The van der Waals surface area contributed by atoms with Gasteiger partial charge >= 0.3 is 5.97 Å². The Morgan fingerprint density at radius 2 is 1.90 bits per heavy atom. The highest BCUT2D eigenvalue weighted by Gasteiger charge is 2.46. The van der Waals surface area contributed by atoms with E-state index in [0.717, 1.165) is 4.90 Å². The molecule has 0 spiro atoms. The lowest BCUT2D eigenvalue weighted by molar-refractivity contribution is -0.385. The number of benzene rings is 1. The van der Waals surface area contributed by atoms with Gasteiger partial charge in [0.2, 0.25) is 11.8 Å². The first kappa shape index (κ1) is 20.0. The fourth-order valence-corrected chi connectivity index (χ4v) is 4.02. The van der Waals surface area contributed by atoms with Gasteiger partial charge in [-0.2, -0.15) is 0 Å². The van der Waals surface area contributed by atoms with E-state index in [9.17, 15) is 24.5 Å². The Morgan fingerprint density at radius 1 is 1.20 bits per heavy atom. The van der Waals surface area contributed by atoms with Crippen LogP contribution in [-0.4, -0.2) is 40.9 Å². The lowest BCUT2D eigenvalue weighted by Crippen LogP contribution is -2.33. The molecule has 158 valence electrons. The Labute approximate surface area is 171 Å². The molecule has 4 rings (SSSR count). The van der Waals surface area contributed by atoms with Crippen LogP contribution in [0, 0.1) is 22.0 Å². The molecule has 0 bridgehead atoms. The number of hydrogen-bond acceptors (Lipinski definition) is 8. The molecule has 0 N–H and O–H groups in total. The van der Waals surface area contributed by atoms with Gasteiger partial charge < -0.3 is 14.2 Å². The summed E-state index contributed by atoms with van der Waals surface area (Å²) >= 11 is 0. The largest absolute Gasteiger partial charge is 0.467 e. The van der Waals surface area contributed by atoms with Crippen LogP contribution in [0.2, 0.25) is 0 Å². The van der Waals surface area contributed by atoms with E-state index in [0.29, 0.717) is 29.7 Å². The van der Waals surface area contributed by atoms with Crippen molar-refractivity contribution in [1.82, 2.24) is 4.90 Å². The second kappa shape index (κ2) is 8.23. The molecule has 0 radical (unpaired) electrons. The SMILES string of the molecule is O=C(CCN1C(=O)[C@@H]2CC=CC[C@H]2C1=O)OCc1cc([N+](=O)[O-])cc2c1OCOC2. The number of likely N-dealkylation sites (tertiary alicyclic amines) is 1. The summed E-state index contributed by atoms with van der Waals surface area (Å²) in [4.78, 5) is 48.8. The van der Waals surface area contributed by atoms with Gasteiger partial charge in [0.1, 0.15) is 12.4 Å². The van der Waals surface area contributed by atoms with Crippen molar-refractivity contribution in [3.8, 4) is 5.75 Å². The average molecular weight is 416 g/mol. The number of fused-ring (bicyclic) bond motifs is 2. The number of rotatable bonds is 6. The quantitative estimate of drug-likeness (QED) is 0.226. The number of amides is 2. The zero-order valence-electron chi connectivity index (χ0n) is 16.1. The summed E-state index contributed by atoms with van der Waals surface area (Å²) in [5.74, 6) is -1.38. The van der Waals surface area contributed by atoms with Crippen LogP contribution < -0.4 is 4.74 Å². The number of non-ortho nitro benzene ring substituents is 1. The molecule has 0 aromatic heterocycles. The number of carbonyl (C=O) groups excluding carboxylic acids is 3. The third kappa shape index (κ3) is 3.78. The Hall–Kier alpha value is -3.27. The Morgan fingerprint density at radius 3 is 2.57 bits per heavy atom. The molecule has 1 aliphatic carbocycles. The minimum absolute atomic E-state index is 0.00211. The predicted molar refractivity (Wildman–Crippen MR) is 99.9 cm³/mol. The van der Waals surface area contributed by atoms with Crippen LogP contribution in [0.25, 0.3) is 0 Å². The number of nitro groups is 1. The van der Waals surface area contributed by atoms with E-state index in [1.807, 2.05) is 12.2 Å². The van der Waals surface area contributed by atoms with Crippen molar-refractivity contribution < 1.29 is 33.5 Å². The summed E-state index contributed by atoms with van der Waals surface area (Å²) in [5.41, 5.74) is 0.714. The number of hydrogen-bond donors (Lipinski definition) is 0. The van der Waals surface area contributed by atoms with Crippen LogP contribution in [0.5, 0.6) is 5.75 Å². The second-order valence-electron chi connectivity index (χ2n) is 7.36. The lowest BCUT2D eigenvalue weighted by atomic mass is 9.85. The van der Waals surface area contributed by atoms with Gasteiger partial charge in [0.15, 0.2) is 6.79 Å². The minimum Gasteiger partial charge on any atom is -0.467 e. The average Bonchev–Trinajstić information content (AvgIpc) is 3.00. The van der Waals surface area contributed by atoms with E-state index in [2.05, 4.69) is 0 Å². The van der Waals surface area contributed by atoms with Crippen molar-refractivity contribution in [3.63, 3.8) is 0 Å². The monoisotopic (exact) mass is 416 g/mol. The zero-order chi connectivity index (χ0) is 21.3. The molecule has 30 heavy (non-hydrogen) atoms. The highest BCUT2D eigenvalue weighted by Crippen LogP contribution is 2.35. The third-order valence-corrected chi connectivity index (χ3v) is 5.51. The molecule has 10 nitrogen and oxygen atoms in total. The van der Waals surface area contributed by atoms with Crippen LogP contribution >= 0.6 is 0 Å². The highest BCUT2D eigenvalue weighted by atomic mass is 16.7. The maximum absolute atomic E-state index is 12.4. The van der Waals surface area contributed by atoms with E-state index < -0.39 is 10.9 Å². The maximum atomic E-state index is 12.4. The van der Waals surface area contributed by atoms with Crippen LogP contribution in [0.3, 0.4) is 0 Å². The first-order chi connectivity index (χ1) is 14.5. The Balaban J connectivity index is 1.37. The molecule has 2 amide bonds. The highest BCUT2D eigenvalue weighted by molar-refractivity contribution is 6.05. The lowest BCUT2D eigenvalue weighted by Gasteiger charge is -2.20. The molecule has 2 aliphatic heterocycles. The predicted octanol–water partition coefficient (Wildman–Crippen LogP) is 1.85. The normalized spacial score (nSPS) is 22.3. The number of nitrogens with zero attached hydrogens (tertiary/aromatic N) is 2. The van der Waals surface area contributed by atoms with Crippen molar-refractivity contribution in [1.29, 1.82) is 0 Å². The van der Waals surface area contributed by atoms with Gasteiger partial charge in [-0.3, -0.25) is 29.4 Å². The fraction of sp³-hybridized carbons (Fsp3) is 0.450. The molecule has 2 atom stereocenters. The summed E-state index contributed by atoms with van der Waals surface area (Å²) in [6, 6.07) is 2.65. The van der Waals surface area contributed by atoms with Gasteiger partial charge in [-0.15, -0.1) is 0 Å². The number of imide groups is 1. The van der Waals surface area contributed by atoms with Gasteiger partial charge in [-0.05, 0) is 12.8 Å². The minimum atomic E-state index is -0.615. The molecule has 3 aliphatic rings. The molecule has 1 saturated heterocycles. The summed E-state index contributed by atoms with van der Waals surface area (Å²) in [7, 11) is 0. The molecule has 0 saturated carbocycles. The first-order valence-electron chi connectivity index (χ1n) is 9.62. The van der Waals surface area contributed by atoms with Crippen molar-refractivity contribution in [2.45, 2.75) is 32.5 Å². The van der Waals surface area contributed by atoms with E-state index in [1.165, 1.54) is 12.1 Å². The molecular weight excluding hydrogens is 396 g/mol. The molecule has 1 fully saturated rings. The summed E-state index contributed by atoms with van der Waals surface area (Å²) in [6.45, 7) is -0.0999. The summed E-state index contributed by atoms with van der Waals surface area (Å²) < 4.78 is 15.8. The molecule has 1 aromatic rings. The van der Waals surface area contributed by atoms with Crippen molar-refractivity contribution in [2.75, 3.05) is 13.3 Å². The van der Waals surface area contributed by atoms with E-state index in [4.69, 9.17) is 14.2 Å². The van der Waals surface area contributed by atoms with Crippen LogP contribution in [0.4, 0.5) is 5.69 Å². The molecule has 1 aromatic carbocycles. The number of esters is 1. The van der Waals surface area contributed by atoms with Crippen LogP contribution in [0.15, 0.2) is 24.3 Å². The first-order valence-corrected chi connectivity index (χ1v) is 9.62. The number of allylic oxidation sites excluding steroid dienone is 2. The third-order valence-electron chi connectivity index (χ3n) is 5.51. The van der Waals surface area contributed by atoms with Gasteiger partial charge in [0, 0.05) is 29.8 Å². The van der Waals surface area contributed by atoms with Gasteiger partial charge in [-0.1, -0.05) is 12.2 Å². The van der Waals surface area contributed by atoms with E-state index >= 15 is 0 Å².